The van der Waals surface area contributed by atoms with Crippen LogP contribution in [0, 0.1) is 11.7 Å². The van der Waals surface area contributed by atoms with E-state index in [1.54, 1.807) is 18.3 Å². The third-order valence-electron chi connectivity index (χ3n) is 7.38. The van der Waals surface area contributed by atoms with Crippen LogP contribution in [0.1, 0.15) is 57.4 Å². The van der Waals surface area contributed by atoms with Gasteiger partial charge >= 0.3 is 0 Å². The van der Waals surface area contributed by atoms with Crippen LogP contribution >= 0.6 is 0 Å². The minimum absolute atomic E-state index is 0.0327. The van der Waals surface area contributed by atoms with E-state index in [-0.39, 0.29) is 12.1 Å². The maximum Gasteiger partial charge on any atom is 0.224 e. The second kappa shape index (κ2) is 9.46. The molecule has 180 valence electrons. The van der Waals surface area contributed by atoms with Gasteiger partial charge in [0, 0.05) is 18.0 Å². The molecular formula is C25H31FN6O2. The van der Waals surface area contributed by atoms with Crippen molar-refractivity contribution in [3.63, 3.8) is 0 Å². The van der Waals surface area contributed by atoms with Crippen LogP contribution in [0.5, 0.6) is 0 Å². The van der Waals surface area contributed by atoms with Gasteiger partial charge in [0.05, 0.1) is 25.1 Å². The molecule has 1 saturated heterocycles. The smallest absolute Gasteiger partial charge is 0.224 e. The zero-order valence-corrected chi connectivity index (χ0v) is 19.3. The summed E-state index contributed by atoms with van der Waals surface area (Å²) in [5.41, 5.74) is 1.93. The van der Waals surface area contributed by atoms with Gasteiger partial charge in [0.25, 0.3) is 0 Å². The fourth-order valence-electron chi connectivity index (χ4n) is 5.61. The highest BCUT2D eigenvalue weighted by atomic mass is 19.1. The largest absolute Gasteiger partial charge is 0.351 e. The molecule has 9 heteroatoms. The number of aromatic nitrogens is 4. The second-order valence-corrected chi connectivity index (χ2v) is 9.62. The van der Waals surface area contributed by atoms with Crippen LogP contribution in [-0.2, 0) is 9.47 Å². The highest BCUT2D eigenvalue weighted by Gasteiger charge is 2.31. The lowest BCUT2D eigenvalue weighted by atomic mass is 9.85. The average molecular weight is 467 g/mol. The summed E-state index contributed by atoms with van der Waals surface area (Å²) in [5.74, 6) is 1.42. The first-order valence-corrected chi connectivity index (χ1v) is 12.5. The summed E-state index contributed by atoms with van der Waals surface area (Å²) in [6, 6.07) is 7.30. The van der Waals surface area contributed by atoms with Crippen LogP contribution in [0.4, 0.5) is 22.0 Å². The Hall–Kier alpha value is -2.78. The monoisotopic (exact) mass is 466 g/mol. The van der Waals surface area contributed by atoms with Crippen molar-refractivity contribution in [1.82, 2.24) is 19.5 Å². The third-order valence-corrected chi connectivity index (χ3v) is 7.38. The molecular weight excluding hydrogens is 435 g/mol. The predicted molar refractivity (Wildman–Crippen MR) is 128 cm³/mol. The molecule has 3 aliphatic rings. The highest BCUT2D eigenvalue weighted by molar-refractivity contribution is 5.76. The van der Waals surface area contributed by atoms with Gasteiger partial charge in [-0.25, -0.2) is 14.4 Å². The zero-order chi connectivity index (χ0) is 22.9. The summed E-state index contributed by atoms with van der Waals surface area (Å²) in [4.78, 5) is 14.2. The molecule has 2 aromatic heterocycles. The Morgan fingerprint density at radius 1 is 0.941 bits per heavy atom. The summed E-state index contributed by atoms with van der Waals surface area (Å²) < 4.78 is 27.9. The minimum atomic E-state index is -0.301. The number of para-hydroxylation sites is 1. The van der Waals surface area contributed by atoms with Crippen LogP contribution < -0.4 is 10.6 Å². The Morgan fingerprint density at radius 2 is 1.71 bits per heavy atom. The molecule has 2 aliphatic carbocycles. The number of ether oxygens (including phenoxy) is 2. The molecule has 34 heavy (non-hydrogen) atoms. The SMILES string of the molecule is Fc1ccccc1Nc1nc2cnc(NC3CCC(C4OCCO4)CC3)nc2n1C1CCCC1. The number of anilines is 3. The first kappa shape index (κ1) is 21.7. The first-order chi connectivity index (χ1) is 16.7. The number of hydrogen-bond donors (Lipinski definition) is 2. The molecule has 0 radical (unpaired) electrons. The van der Waals surface area contributed by atoms with Crippen molar-refractivity contribution >= 4 is 28.7 Å². The molecule has 1 aliphatic heterocycles. The molecule has 8 nitrogen and oxygen atoms in total. The quantitative estimate of drug-likeness (QED) is 0.518. The van der Waals surface area contributed by atoms with Crippen LogP contribution in [0.2, 0.25) is 0 Å². The van der Waals surface area contributed by atoms with Gasteiger partial charge in [-0.05, 0) is 50.7 Å². The number of rotatable bonds is 6. The van der Waals surface area contributed by atoms with Gasteiger partial charge in [-0.15, -0.1) is 0 Å². The molecule has 0 amide bonds. The second-order valence-electron chi connectivity index (χ2n) is 9.62. The maximum atomic E-state index is 14.3. The fourth-order valence-corrected chi connectivity index (χ4v) is 5.61. The molecule has 0 bridgehead atoms. The third kappa shape index (κ3) is 4.34. The van der Waals surface area contributed by atoms with Crippen LogP contribution in [0.3, 0.4) is 0 Å². The van der Waals surface area contributed by atoms with Crippen molar-refractivity contribution < 1.29 is 13.9 Å². The number of hydrogen-bond acceptors (Lipinski definition) is 7. The van der Waals surface area contributed by atoms with Crippen LogP contribution in [0.15, 0.2) is 30.5 Å². The molecule has 1 aromatic carbocycles. The lowest BCUT2D eigenvalue weighted by Crippen LogP contribution is -2.32. The zero-order valence-electron chi connectivity index (χ0n) is 19.3. The van der Waals surface area contributed by atoms with E-state index in [0.29, 0.717) is 48.8 Å². The Balaban J connectivity index is 1.23. The van der Waals surface area contributed by atoms with Gasteiger partial charge in [0.1, 0.15) is 11.3 Å². The molecule has 6 rings (SSSR count). The van der Waals surface area contributed by atoms with E-state index in [4.69, 9.17) is 19.4 Å². The predicted octanol–water partition coefficient (Wildman–Crippen LogP) is 5.17. The molecule has 3 heterocycles. The van der Waals surface area contributed by atoms with E-state index >= 15 is 0 Å². The number of nitrogens with zero attached hydrogens (tertiary/aromatic N) is 4. The lowest BCUT2D eigenvalue weighted by molar-refractivity contribution is -0.0925. The first-order valence-electron chi connectivity index (χ1n) is 12.5. The minimum Gasteiger partial charge on any atom is -0.351 e. The Kier molecular flexibility index (Phi) is 6.05. The average Bonchev–Trinajstić information content (AvgIpc) is 3.62. The Labute approximate surface area is 198 Å². The molecule has 3 fully saturated rings. The summed E-state index contributed by atoms with van der Waals surface area (Å²) >= 11 is 0. The Bertz CT molecular complexity index is 1130. The lowest BCUT2D eigenvalue weighted by Gasteiger charge is -2.31. The number of benzene rings is 1. The summed E-state index contributed by atoms with van der Waals surface area (Å²) in [5, 5.41) is 6.75. The van der Waals surface area contributed by atoms with Crippen molar-refractivity contribution in [2.45, 2.75) is 69.7 Å². The Morgan fingerprint density at radius 3 is 2.47 bits per heavy atom. The van der Waals surface area contributed by atoms with Gasteiger partial charge in [0.15, 0.2) is 11.9 Å². The van der Waals surface area contributed by atoms with Gasteiger partial charge in [-0.3, -0.25) is 4.57 Å². The molecule has 3 aromatic rings. The number of fused-ring (bicyclic) bond motifs is 1. The van der Waals surface area contributed by atoms with Crippen LogP contribution in [0.25, 0.3) is 11.2 Å². The summed E-state index contributed by atoms with van der Waals surface area (Å²) in [7, 11) is 0. The number of nitrogens with one attached hydrogen (secondary N) is 2. The van der Waals surface area contributed by atoms with Crippen molar-refractivity contribution in [3.05, 3.63) is 36.3 Å². The molecule has 2 saturated carbocycles. The van der Waals surface area contributed by atoms with E-state index in [0.717, 1.165) is 49.7 Å². The van der Waals surface area contributed by atoms with Gasteiger partial charge in [-0.1, -0.05) is 25.0 Å². The van der Waals surface area contributed by atoms with Crippen molar-refractivity contribution in [2.24, 2.45) is 5.92 Å². The standard InChI is InChI=1S/C25H31FN6O2/c26-19-7-3-4-8-20(19)29-25-30-21-15-27-24(31-22(21)32(25)18-5-1-2-6-18)28-17-11-9-16(10-12-17)23-33-13-14-34-23/h3-4,7-8,15-18,23H,1-2,5-6,9-14H2,(H,29,30)(H,27,28,31). The summed E-state index contributed by atoms with van der Waals surface area (Å²) in [6.07, 6.45) is 10.5. The maximum absolute atomic E-state index is 14.3. The van der Waals surface area contributed by atoms with E-state index in [1.165, 1.54) is 18.9 Å². The molecule has 0 unspecified atom stereocenters. The molecule has 0 spiro atoms. The molecule has 0 atom stereocenters. The van der Waals surface area contributed by atoms with E-state index in [2.05, 4.69) is 20.2 Å². The highest BCUT2D eigenvalue weighted by Crippen LogP contribution is 2.36. The number of halogens is 1. The summed E-state index contributed by atoms with van der Waals surface area (Å²) in [6.45, 7) is 1.41. The topological polar surface area (TPSA) is 86.1 Å². The van der Waals surface area contributed by atoms with E-state index < -0.39 is 0 Å². The van der Waals surface area contributed by atoms with Crippen molar-refractivity contribution in [1.29, 1.82) is 0 Å². The van der Waals surface area contributed by atoms with Crippen molar-refractivity contribution in [2.75, 3.05) is 23.8 Å². The van der Waals surface area contributed by atoms with Gasteiger partial charge in [0.2, 0.25) is 11.9 Å². The van der Waals surface area contributed by atoms with E-state index in [9.17, 15) is 4.39 Å². The normalized spacial score (nSPS) is 24.1. The fraction of sp³-hybridized carbons (Fsp3) is 0.560. The van der Waals surface area contributed by atoms with Crippen molar-refractivity contribution in [3.8, 4) is 0 Å². The van der Waals surface area contributed by atoms with Gasteiger partial charge in [-0.2, -0.15) is 4.98 Å². The number of imidazole rings is 1. The van der Waals surface area contributed by atoms with Crippen LogP contribution in [-0.4, -0.2) is 45.1 Å². The van der Waals surface area contributed by atoms with E-state index in [1.807, 2.05) is 6.07 Å². The molecule has 2 N–H and O–H groups in total. The van der Waals surface area contributed by atoms with Gasteiger partial charge < -0.3 is 20.1 Å².